The van der Waals surface area contributed by atoms with Gasteiger partial charge in [-0.1, -0.05) is 0 Å². The molecule has 164 valence electrons. The van der Waals surface area contributed by atoms with E-state index in [1.54, 1.807) is 11.0 Å². The lowest BCUT2D eigenvalue weighted by Crippen LogP contribution is -2.41. The molecule has 30 heavy (non-hydrogen) atoms. The first-order valence-electron chi connectivity index (χ1n) is 10.7. The molecule has 0 aliphatic carbocycles. The number of H-pyrrole nitrogens is 1. The molecule has 4 heterocycles. The minimum absolute atomic E-state index is 0.115. The van der Waals surface area contributed by atoms with Crippen molar-refractivity contribution in [2.75, 3.05) is 39.4 Å². The maximum absolute atomic E-state index is 12.4. The number of ether oxygens (including phenoxy) is 2. The molecule has 0 spiro atoms. The SMILES string of the molecule is CC(C)(C)OC(=O)N1CCC(c2cc(=O)[nH]c3c(CN4CCOCC4)cnn23)CC1. The summed E-state index contributed by atoms with van der Waals surface area (Å²) in [6, 6.07) is 1.65. The number of hydrogen-bond donors (Lipinski definition) is 1. The predicted octanol–water partition coefficient (Wildman–Crippen LogP) is 1.97. The summed E-state index contributed by atoms with van der Waals surface area (Å²) in [5, 5.41) is 4.59. The highest BCUT2D eigenvalue weighted by molar-refractivity contribution is 5.68. The van der Waals surface area contributed by atoms with Crippen molar-refractivity contribution in [2.45, 2.75) is 51.7 Å². The Morgan fingerprint density at radius 2 is 1.93 bits per heavy atom. The molecule has 2 aliphatic rings. The van der Waals surface area contributed by atoms with Crippen LogP contribution in [0.5, 0.6) is 0 Å². The maximum atomic E-state index is 12.4. The van der Waals surface area contributed by atoms with Gasteiger partial charge in [-0.05, 0) is 33.6 Å². The Labute approximate surface area is 175 Å². The van der Waals surface area contributed by atoms with Gasteiger partial charge in [0.15, 0.2) is 0 Å². The molecule has 2 aromatic rings. The fourth-order valence-electron chi connectivity index (χ4n) is 4.15. The fraction of sp³-hybridized carbons (Fsp3) is 0.667. The van der Waals surface area contributed by atoms with Crippen LogP contribution in [-0.2, 0) is 16.0 Å². The van der Waals surface area contributed by atoms with Gasteiger partial charge in [0, 0.05) is 50.3 Å². The summed E-state index contributed by atoms with van der Waals surface area (Å²) in [7, 11) is 0. The number of aromatic amines is 1. The third kappa shape index (κ3) is 4.67. The first-order valence-corrected chi connectivity index (χ1v) is 10.7. The predicted molar refractivity (Wildman–Crippen MR) is 112 cm³/mol. The van der Waals surface area contributed by atoms with Gasteiger partial charge in [-0.3, -0.25) is 9.69 Å². The summed E-state index contributed by atoms with van der Waals surface area (Å²) < 4.78 is 12.8. The summed E-state index contributed by atoms with van der Waals surface area (Å²) in [5.41, 5.74) is 2.07. The molecule has 1 N–H and O–H groups in total. The van der Waals surface area contributed by atoms with E-state index >= 15 is 0 Å². The van der Waals surface area contributed by atoms with E-state index in [1.165, 1.54) is 0 Å². The molecule has 9 nitrogen and oxygen atoms in total. The average molecular weight is 418 g/mol. The lowest BCUT2D eigenvalue weighted by molar-refractivity contribution is 0.0203. The molecule has 2 saturated heterocycles. The van der Waals surface area contributed by atoms with Crippen molar-refractivity contribution >= 4 is 11.7 Å². The molecule has 0 aromatic carbocycles. The van der Waals surface area contributed by atoms with Crippen LogP contribution in [0.4, 0.5) is 4.79 Å². The van der Waals surface area contributed by atoms with Crippen LogP contribution < -0.4 is 5.56 Å². The van der Waals surface area contributed by atoms with E-state index in [0.717, 1.165) is 62.6 Å². The summed E-state index contributed by atoms with van der Waals surface area (Å²) in [6.45, 7) is 10.8. The Kier molecular flexibility index (Phi) is 5.84. The van der Waals surface area contributed by atoms with Gasteiger partial charge in [0.2, 0.25) is 0 Å². The van der Waals surface area contributed by atoms with E-state index in [4.69, 9.17) is 9.47 Å². The lowest BCUT2D eigenvalue weighted by atomic mass is 9.93. The van der Waals surface area contributed by atoms with Crippen LogP contribution in [0.15, 0.2) is 17.1 Å². The molecule has 9 heteroatoms. The van der Waals surface area contributed by atoms with Gasteiger partial charge >= 0.3 is 6.09 Å². The fourth-order valence-corrected chi connectivity index (χ4v) is 4.15. The molecule has 0 atom stereocenters. The van der Waals surface area contributed by atoms with Crippen molar-refractivity contribution in [3.63, 3.8) is 0 Å². The number of morpholine rings is 1. The number of rotatable bonds is 3. The van der Waals surface area contributed by atoms with Gasteiger partial charge in [0.25, 0.3) is 5.56 Å². The van der Waals surface area contributed by atoms with Crippen LogP contribution in [-0.4, -0.2) is 75.5 Å². The van der Waals surface area contributed by atoms with Crippen LogP contribution in [0, 0.1) is 0 Å². The third-order valence-corrected chi connectivity index (χ3v) is 5.67. The summed E-state index contributed by atoms with van der Waals surface area (Å²) in [6.07, 6.45) is 3.12. The molecule has 2 aliphatic heterocycles. The number of carbonyl (C=O) groups excluding carboxylic acids is 1. The third-order valence-electron chi connectivity index (χ3n) is 5.67. The first kappa shape index (κ1) is 20.9. The maximum Gasteiger partial charge on any atom is 0.410 e. The molecule has 2 aromatic heterocycles. The summed E-state index contributed by atoms with van der Waals surface area (Å²) in [5.74, 6) is 0.171. The standard InChI is InChI=1S/C21H31N5O4/c1-21(2,3)30-20(28)25-6-4-15(5-7-25)17-12-18(27)23-19-16(13-22-26(17)19)14-24-8-10-29-11-9-24/h12-13,15H,4-11,14H2,1-3H3,(H,23,27). The Balaban J connectivity index is 1.49. The van der Waals surface area contributed by atoms with Crippen LogP contribution >= 0.6 is 0 Å². The number of nitrogens with zero attached hydrogens (tertiary/aromatic N) is 4. The van der Waals surface area contributed by atoms with E-state index in [9.17, 15) is 9.59 Å². The quantitative estimate of drug-likeness (QED) is 0.821. The van der Waals surface area contributed by atoms with Crippen LogP contribution in [0.1, 0.15) is 50.8 Å². The molecular formula is C21H31N5O4. The van der Waals surface area contributed by atoms with Gasteiger partial charge in [0.05, 0.1) is 25.1 Å². The molecule has 0 unspecified atom stereocenters. The Morgan fingerprint density at radius 1 is 1.23 bits per heavy atom. The van der Waals surface area contributed by atoms with E-state index in [-0.39, 0.29) is 17.6 Å². The van der Waals surface area contributed by atoms with Gasteiger partial charge in [-0.25, -0.2) is 9.31 Å². The molecule has 1 amide bonds. The number of fused-ring (bicyclic) bond motifs is 1. The van der Waals surface area contributed by atoms with Gasteiger partial charge in [-0.15, -0.1) is 0 Å². The second-order valence-corrected chi connectivity index (χ2v) is 9.12. The largest absolute Gasteiger partial charge is 0.444 e. The van der Waals surface area contributed by atoms with Crippen molar-refractivity contribution in [1.82, 2.24) is 24.4 Å². The van der Waals surface area contributed by atoms with Crippen molar-refractivity contribution in [3.8, 4) is 0 Å². The zero-order valence-corrected chi connectivity index (χ0v) is 18.0. The second-order valence-electron chi connectivity index (χ2n) is 9.12. The van der Waals surface area contributed by atoms with Gasteiger partial charge < -0.3 is 19.4 Å². The lowest BCUT2D eigenvalue weighted by Gasteiger charge is -2.33. The number of hydrogen-bond acceptors (Lipinski definition) is 6. The highest BCUT2D eigenvalue weighted by Crippen LogP contribution is 2.28. The molecule has 4 rings (SSSR count). The van der Waals surface area contributed by atoms with Crippen LogP contribution in [0.25, 0.3) is 5.65 Å². The molecule has 0 bridgehead atoms. The van der Waals surface area contributed by atoms with E-state index in [0.29, 0.717) is 13.1 Å². The molecule has 0 radical (unpaired) electrons. The zero-order valence-electron chi connectivity index (χ0n) is 18.0. The normalized spacial score (nSPS) is 19.4. The minimum atomic E-state index is -0.501. The molecule has 0 saturated carbocycles. The number of nitrogens with one attached hydrogen (secondary N) is 1. The second kappa shape index (κ2) is 8.39. The zero-order chi connectivity index (χ0) is 21.3. The highest BCUT2D eigenvalue weighted by atomic mass is 16.6. The molecular weight excluding hydrogens is 386 g/mol. The van der Waals surface area contributed by atoms with Crippen molar-refractivity contribution in [2.24, 2.45) is 0 Å². The van der Waals surface area contributed by atoms with E-state index in [2.05, 4.69) is 15.0 Å². The Morgan fingerprint density at radius 3 is 2.60 bits per heavy atom. The van der Waals surface area contributed by atoms with Crippen molar-refractivity contribution < 1.29 is 14.3 Å². The number of likely N-dealkylation sites (tertiary alicyclic amines) is 1. The van der Waals surface area contributed by atoms with E-state index < -0.39 is 5.60 Å². The smallest absolute Gasteiger partial charge is 0.410 e. The van der Waals surface area contributed by atoms with E-state index in [1.807, 2.05) is 31.5 Å². The summed E-state index contributed by atoms with van der Waals surface area (Å²) in [4.78, 5) is 31.8. The molecule has 2 fully saturated rings. The number of aromatic nitrogens is 3. The Hall–Kier alpha value is -2.39. The van der Waals surface area contributed by atoms with Gasteiger partial charge in [-0.2, -0.15) is 5.10 Å². The number of carbonyl (C=O) groups is 1. The first-order chi connectivity index (χ1) is 14.3. The highest BCUT2D eigenvalue weighted by Gasteiger charge is 2.29. The van der Waals surface area contributed by atoms with Crippen LogP contribution in [0.2, 0.25) is 0 Å². The van der Waals surface area contributed by atoms with Crippen molar-refractivity contribution in [3.05, 3.63) is 33.9 Å². The topological polar surface area (TPSA) is 92.2 Å². The van der Waals surface area contributed by atoms with Crippen molar-refractivity contribution in [1.29, 1.82) is 0 Å². The minimum Gasteiger partial charge on any atom is -0.444 e. The average Bonchev–Trinajstić information content (AvgIpc) is 3.09. The van der Waals surface area contributed by atoms with Crippen LogP contribution in [0.3, 0.4) is 0 Å². The summed E-state index contributed by atoms with van der Waals surface area (Å²) >= 11 is 0. The monoisotopic (exact) mass is 417 g/mol. The number of amides is 1. The Bertz CT molecular complexity index is 946. The number of piperidine rings is 1. The van der Waals surface area contributed by atoms with Gasteiger partial charge in [0.1, 0.15) is 11.2 Å².